The molecule has 0 amide bonds. The minimum Gasteiger partial charge on any atom is -0.276 e. The van der Waals surface area contributed by atoms with Crippen molar-refractivity contribution in [2.45, 2.75) is 4.90 Å². The van der Waals surface area contributed by atoms with Gasteiger partial charge in [-0.3, -0.25) is 5.10 Å². The monoisotopic (exact) mass is 278 g/mol. The third kappa shape index (κ3) is 2.16. The Labute approximate surface area is 99.6 Å². The summed E-state index contributed by atoms with van der Waals surface area (Å²) in [5.74, 6) is -1.81. The summed E-state index contributed by atoms with van der Waals surface area (Å²) in [5, 5.41) is 5.64. The van der Waals surface area contributed by atoms with Crippen molar-refractivity contribution in [1.82, 2.24) is 10.2 Å². The highest BCUT2D eigenvalue weighted by Crippen LogP contribution is 2.30. The molecule has 0 saturated heterocycles. The summed E-state index contributed by atoms with van der Waals surface area (Å²) >= 11 is 0. The lowest BCUT2D eigenvalue weighted by Crippen LogP contribution is -1.96. The summed E-state index contributed by atoms with van der Waals surface area (Å²) in [7, 11) is 1.00. The molecule has 0 spiro atoms. The van der Waals surface area contributed by atoms with Crippen LogP contribution < -0.4 is 0 Å². The number of nitrogens with zero attached hydrogens (tertiary/aromatic N) is 1. The van der Waals surface area contributed by atoms with Crippen molar-refractivity contribution in [3.05, 3.63) is 36.0 Å². The molecule has 0 aliphatic rings. The molecular formula is C9H5ClF2N2O2S. The van der Waals surface area contributed by atoms with Gasteiger partial charge in [0.05, 0.1) is 17.5 Å². The van der Waals surface area contributed by atoms with E-state index in [1.807, 2.05) is 0 Å². The van der Waals surface area contributed by atoms with E-state index in [0.29, 0.717) is 0 Å². The van der Waals surface area contributed by atoms with Gasteiger partial charge in [0.15, 0.2) is 0 Å². The number of H-pyrrole nitrogens is 1. The number of hydrogen-bond donors (Lipinski definition) is 1. The van der Waals surface area contributed by atoms with Gasteiger partial charge < -0.3 is 0 Å². The zero-order valence-electron chi connectivity index (χ0n) is 8.12. The molecule has 8 heteroatoms. The van der Waals surface area contributed by atoms with Crippen molar-refractivity contribution in [2.75, 3.05) is 0 Å². The highest BCUT2D eigenvalue weighted by atomic mass is 35.7. The maximum absolute atomic E-state index is 13.5. The van der Waals surface area contributed by atoms with Crippen molar-refractivity contribution in [3.8, 4) is 11.3 Å². The van der Waals surface area contributed by atoms with E-state index in [1.165, 1.54) is 6.07 Å². The third-order valence-electron chi connectivity index (χ3n) is 2.08. The van der Waals surface area contributed by atoms with Gasteiger partial charge in [0.1, 0.15) is 16.5 Å². The zero-order chi connectivity index (χ0) is 12.6. The molecule has 0 saturated carbocycles. The van der Waals surface area contributed by atoms with E-state index >= 15 is 0 Å². The van der Waals surface area contributed by atoms with Crippen LogP contribution in [0.25, 0.3) is 11.3 Å². The number of rotatable bonds is 2. The van der Waals surface area contributed by atoms with Crippen LogP contribution in [0.2, 0.25) is 0 Å². The van der Waals surface area contributed by atoms with Gasteiger partial charge in [0.25, 0.3) is 9.05 Å². The SMILES string of the molecule is O=S(=O)(Cl)c1cn[nH]c1-c1c(F)cccc1F. The molecule has 1 aromatic carbocycles. The fraction of sp³-hybridized carbons (Fsp3) is 0. The fourth-order valence-corrected chi connectivity index (χ4v) is 2.30. The molecule has 0 aliphatic carbocycles. The molecule has 1 heterocycles. The molecular weight excluding hydrogens is 274 g/mol. The summed E-state index contributed by atoms with van der Waals surface area (Å²) in [6.07, 6.45) is 0.892. The van der Waals surface area contributed by atoms with E-state index in [9.17, 15) is 17.2 Å². The molecule has 0 atom stereocenters. The second-order valence-electron chi connectivity index (χ2n) is 3.14. The minimum absolute atomic E-state index is 0.310. The van der Waals surface area contributed by atoms with Crippen LogP contribution in [0.5, 0.6) is 0 Å². The first-order valence-corrected chi connectivity index (χ1v) is 6.64. The van der Waals surface area contributed by atoms with Crippen molar-refractivity contribution in [1.29, 1.82) is 0 Å². The van der Waals surface area contributed by atoms with Crippen LogP contribution in [0.3, 0.4) is 0 Å². The number of nitrogens with one attached hydrogen (secondary N) is 1. The molecule has 90 valence electrons. The molecule has 2 aromatic rings. The molecule has 4 nitrogen and oxygen atoms in total. The van der Waals surface area contributed by atoms with E-state index in [2.05, 4.69) is 10.2 Å². The lowest BCUT2D eigenvalue weighted by atomic mass is 10.1. The van der Waals surface area contributed by atoms with Crippen LogP contribution in [0, 0.1) is 11.6 Å². The first-order chi connectivity index (χ1) is 7.91. The molecule has 17 heavy (non-hydrogen) atoms. The molecule has 0 radical (unpaired) electrons. The van der Waals surface area contributed by atoms with Crippen LogP contribution in [-0.4, -0.2) is 18.6 Å². The third-order valence-corrected chi connectivity index (χ3v) is 3.41. The Bertz CT molecular complexity index is 649. The summed E-state index contributed by atoms with van der Waals surface area (Å²) in [6, 6.07) is 3.17. The van der Waals surface area contributed by atoms with Crippen LogP contribution in [0.15, 0.2) is 29.3 Å². The van der Waals surface area contributed by atoms with Gasteiger partial charge in [-0.2, -0.15) is 5.10 Å². The Hall–Kier alpha value is -1.47. The van der Waals surface area contributed by atoms with Gasteiger partial charge in [-0.05, 0) is 12.1 Å². The van der Waals surface area contributed by atoms with Gasteiger partial charge in [-0.15, -0.1) is 0 Å². The molecule has 1 N–H and O–H groups in total. The normalized spacial score (nSPS) is 11.7. The zero-order valence-corrected chi connectivity index (χ0v) is 9.69. The molecule has 0 bridgehead atoms. The van der Waals surface area contributed by atoms with Gasteiger partial charge in [-0.25, -0.2) is 17.2 Å². The van der Waals surface area contributed by atoms with Crippen molar-refractivity contribution < 1.29 is 17.2 Å². The molecule has 0 fully saturated rings. The maximum Gasteiger partial charge on any atom is 0.265 e. The Morgan fingerprint density at radius 3 is 2.35 bits per heavy atom. The first kappa shape index (κ1) is 12.0. The van der Waals surface area contributed by atoms with E-state index in [-0.39, 0.29) is 5.69 Å². The van der Waals surface area contributed by atoms with Crippen LogP contribution >= 0.6 is 10.7 Å². The minimum atomic E-state index is -4.13. The Balaban J connectivity index is 2.75. The number of aromatic nitrogens is 2. The Morgan fingerprint density at radius 2 is 1.82 bits per heavy atom. The van der Waals surface area contributed by atoms with E-state index in [0.717, 1.165) is 18.3 Å². The second-order valence-corrected chi connectivity index (χ2v) is 5.68. The van der Waals surface area contributed by atoms with E-state index in [1.54, 1.807) is 0 Å². The smallest absolute Gasteiger partial charge is 0.265 e. The summed E-state index contributed by atoms with van der Waals surface area (Å²) < 4.78 is 49.3. The number of halogens is 3. The fourth-order valence-electron chi connectivity index (χ4n) is 1.38. The lowest BCUT2D eigenvalue weighted by Gasteiger charge is -2.03. The molecule has 0 unspecified atom stereocenters. The predicted molar refractivity (Wildman–Crippen MR) is 57.0 cm³/mol. The average molecular weight is 279 g/mol. The Kier molecular flexibility index (Phi) is 2.88. The second kappa shape index (κ2) is 4.08. The van der Waals surface area contributed by atoms with Gasteiger partial charge in [-0.1, -0.05) is 6.07 Å². The lowest BCUT2D eigenvalue weighted by molar-refractivity contribution is 0.587. The van der Waals surface area contributed by atoms with Gasteiger partial charge in [0, 0.05) is 10.7 Å². The predicted octanol–water partition coefficient (Wildman–Crippen LogP) is 2.28. The highest BCUT2D eigenvalue weighted by Gasteiger charge is 2.23. The van der Waals surface area contributed by atoms with Crippen molar-refractivity contribution in [3.63, 3.8) is 0 Å². The largest absolute Gasteiger partial charge is 0.276 e. The first-order valence-electron chi connectivity index (χ1n) is 4.33. The van der Waals surface area contributed by atoms with Crippen LogP contribution in [0.4, 0.5) is 8.78 Å². The Morgan fingerprint density at radius 1 is 1.24 bits per heavy atom. The topological polar surface area (TPSA) is 62.8 Å². The van der Waals surface area contributed by atoms with Crippen LogP contribution in [-0.2, 0) is 9.05 Å². The number of aromatic amines is 1. The molecule has 2 rings (SSSR count). The van der Waals surface area contributed by atoms with Crippen molar-refractivity contribution >= 4 is 19.7 Å². The summed E-state index contributed by atoms with van der Waals surface area (Å²) in [4.78, 5) is -0.469. The summed E-state index contributed by atoms with van der Waals surface area (Å²) in [5.41, 5.74) is -0.820. The molecule has 1 aromatic heterocycles. The van der Waals surface area contributed by atoms with Crippen LogP contribution in [0.1, 0.15) is 0 Å². The van der Waals surface area contributed by atoms with Gasteiger partial charge in [0.2, 0.25) is 0 Å². The quantitative estimate of drug-likeness (QED) is 0.857. The van der Waals surface area contributed by atoms with Crippen molar-refractivity contribution in [2.24, 2.45) is 0 Å². The average Bonchev–Trinajstić information content (AvgIpc) is 2.65. The highest BCUT2D eigenvalue weighted by molar-refractivity contribution is 8.13. The standard InChI is InChI=1S/C9H5ClF2N2O2S/c10-17(15,16)7-4-13-14-9(7)8-5(11)2-1-3-6(8)12/h1-4H,(H,13,14). The molecule has 0 aliphatic heterocycles. The number of benzene rings is 1. The summed E-state index contributed by atoms with van der Waals surface area (Å²) in [6.45, 7) is 0. The van der Waals surface area contributed by atoms with Gasteiger partial charge >= 0.3 is 0 Å². The number of hydrogen-bond acceptors (Lipinski definition) is 3. The van der Waals surface area contributed by atoms with E-state index in [4.69, 9.17) is 10.7 Å². The maximum atomic E-state index is 13.5. The van der Waals surface area contributed by atoms with E-state index < -0.39 is 31.1 Å².